The summed E-state index contributed by atoms with van der Waals surface area (Å²) in [6.45, 7) is 11.7. The summed E-state index contributed by atoms with van der Waals surface area (Å²) in [5.74, 6) is 2.40. The van der Waals surface area contributed by atoms with Gasteiger partial charge in [-0.3, -0.25) is 0 Å². The molecule has 0 aromatic heterocycles. The van der Waals surface area contributed by atoms with Crippen molar-refractivity contribution in [2.75, 3.05) is 0 Å². The van der Waals surface area contributed by atoms with Crippen molar-refractivity contribution in [3.8, 4) is 0 Å². The molecule has 1 saturated heterocycles. The Morgan fingerprint density at radius 1 is 1.00 bits per heavy atom. The smallest absolute Gasteiger partial charge is 0.200 e. The Kier molecular flexibility index (Phi) is 3.57. The summed E-state index contributed by atoms with van der Waals surface area (Å²) in [6, 6.07) is 0. The van der Waals surface area contributed by atoms with E-state index in [0.717, 1.165) is 24.2 Å². The van der Waals surface area contributed by atoms with Crippen molar-refractivity contribution < 1.29 is 14.2 Å². The van der Waals surface area contributed by atoms with E-state index in [-0.39, 0.29) is 22.9 Å². The second kappa shape index (κ2) is 5.29. The zero-order chi connectivity index (χ0) is 18.4. The molecule has 0 radical (unpaired) electrons. The molecule has 0 N–H and O–H groups in total. The summed E-state index contributed by atoms with van der Waals surface area (Å²) >= 11 is 0. The van der Waals surface area contributed by atoms with Crippen molar-refractivity contribution >= 4 is 0 Å². The number of ether oxygens (including phenoxy) is 3. The van der Waals surface area contributed by atoms with Gasteiger partial charge in [0.25, 0.3) is 0 Å². The molecule has 26 heavy (non-hydrogen) atoms. The highest BCUT2D eigenvalue weighted by atomic mass is 16.7. The van der Waals surface area contributed by atoms with Crippen molar-refractivity contribution in [3.63, 3.8) is 0 Å². The van der Waals surface area contributed by atoms with Crippen LogP contribution in [0.3, 0.4) is 0 Å². The van der Waals surface area contributed by atoms with Crippen molar-refractivity contribution in [1.29, 1.82) is 0 Å². The molecule has 4 fully saturated rings. The van der Waals surface area contributed by atoms with Gasteiger partial charge in [-0.05, 0) is 88.5 Å². The maximum Gasteiger partial charge on any atom is 0.200 e. The minimum absolute atomic E-state index is 0.0161. The normalized spacial score (nSPS) is 55.0. The molecule has 3 heteroatoms. The maximum atomic E-state index is 6.57. The van der Waals surface area contributed by atoms with Gasteiger partial charge in [-0.25, -0.2) is 0 Å². The molecule has 0 amide bonds. The van der Waals surface area contributed by atoms with E-state index in [1.807, 2.05) is 6.26 Å². The molecule has 5 aliphatic rings. The highest BCUT2D eigenvalue weighted by Crippen LogP contribution is 2.69. The summed E-state index contributed by atoms with van der Waals surface area (Å²) in [6.07, 6.45) is 13.3. The average molecular weight is 361 g/mol. The van der Waals surface area contributed by atoms with Gasteiger partial charge in [0.15, 0.2) is 0 Å². The zero-order valence-electron chi connectivity index (χ0n) is 17.2. The van der Waals surface area contributed by atoms with Crippen LogP contribution in [0, 0.1) is 28.6 Å². The quantitative estimate of drug-likeness (QED) is 0.623. The number of rotatable bonds is 1. The third kappa shape index (κ3) is 2.19. The van der Waals surface area contributed by atoms with E-state index >= 15 is 0 Å². The average Bonchev–Trinajstić information content (AvgIpc) is 2.97. The second-order valence-electron chi connectivity index (χ2n) is 11.3. The summed E-state index contributed by atoms with van der Waals surface area (Å²) in [5, 5.41) is 0. The van der Waals surface area contributed by atoms with Crippen LogP contribution in [-0.4, -0.2) is 23.6 Å². The van der Waals surface area contributed by atoms with Gasteiger partial charge in [0.2, 0.25) is 6.29 Å². The fraction of sp³-hybridized carbons (Fsp3) is 0.913. The molecule has 5 rings (SSSR count). The molecule has 0 aromatic rings. The SMILES string of the molecule is CC(C)(C)O[C@H]1CC[C@H]2[C@@H]3CC[C@@]45C=CO[C@@H](C[C@]4(C)[C@H]3CC[C@]12C)O5. The van der Waals surface area contributed by atoms with E-state index in [9.17, 15) is 0 Å². The molecular formula is C23H36O3. The summed E-state index contributed by atoms with van der Waals surface area (Å²) in [5.41, 5.74) is 0.485. The first-order chi connectivity index (χ1) is 12.2. The van der Waals surface area contributed by atoms with Crippen LogP contribution in [0.1, 0.15) is 79.6 Å². The Morgan fingerprint density at radius 2 is 1.81 bits per heavy atom. The number of hydrogen-bond acceptors (Lipinski definition) is 3. The molecule has 2 aliphatic heterocycles. The molecule has 3 nitrogen and oxygen atoms in total. The molecule has 146 valence electrons. The van der Waals surface area contributed by atoms with E-state index < -0.39 is 0 Å². The molecule has 0 unspecified atom stereocenters. The Bertz CT molecular complexity index is 621. The summed E-state index contributed by atoms with van der Waals surface area (Å²) in [7, 11) is 0. The largest absolute Gasteiger partial charge is 0.473 e. The summed E-state index contributed by atoms with van der Waals surface area (Å²) < 4.78 is 18.8. The first kappa shape index (κ1) is 17.6. The van der Waals surface area contributed by atoms with Gasteiger partial charge in [-0.2, -0.15) is 0 Å². The highest BCUT2D eigenvalue weighted by Gasteiger charge is 2.68. The van der Waals surface area contributed by atoms with E-state index in [1.54, 1.807) is 0 Å². The minimum atomic E-state index is -0.0647. The molecule has 2 bridgehead atoms. The molecule has 2 heterocycles. The zero-order valence-corrected chi connectivity index (χ0v) is 17.2. The second-order valence-corrected chi connectivity index (χ2v) is 11.3. The first-order valence-corrected chi connectivity index (χ1v) is 10.9. The van der Waals surface area contributed by atoms with Crippen LogP contribution in [0.25, 0.3) is 0 Å². The third-order valence-corrected chi connectivity index (χ3v) is 8.98. The van der Waals surface area contributed by atoms with Gasteiger partial charge < -0.3 is 14.2 Å². The number of hydrogen-bond donors (Lipinski definition) is 0. The van der Waals surface area contributed by atoms with E-state index in [1.165, 1.54) is 38.5 Å². The van der Waals surface area contributed by atoms with E-state index in [2.05, 4.69) is 40.7 Å². The topological polar surface area (TPSA) is 27.7 Å². The van der Waals surface area contributed by atoms with Crippen LogP contribution in [0.2, 0.25) is 0 Å². The summed E-state index contributed by atoms with van der Waals surface area (Å²) in [4.78, 5) is 0. The van der Waals surface area contributed by atoms with Gasteiger partial charge in [0, 0.05) is 11.8 Å². The van der Waals surface area contributed by atoms with Gasteiger partial charge >= 0.3 is 0 Å². The Labute approximate surface area is 158 Å². The van der Waals surface area contributed by atoms with Crippen LogP contribution in [0.5, 0.6) is 0 Å². The van der Waals surface area contributed by atoms with Gasteiger partial charge in [-0.15, -0.1) is 0 Å². The molecule has 3 aliphatic carbocycles. The number of fused-ring (bicyclic) bond motifs is 5. The third-order valence-electron chi connectivity index (χ3n) is 8.98. The lowest BCUT2D eigenvalue weighted by Crippen LogP contribution is -2.58. The van der Waals surface area contributed by atoms with Gasteiger partial charge in [-0.1, -0.05) is 13.8 Å². The Hall–Kier alpha value is -0.540. The fourth-order valence-electron chi connectivity index (χ4n) is 7.80. The van der Waals surface area contributed by atoms with E-state index in [0.29, 0.717) is 11.5 Å². The Morgan fingerprint density at radius 3 is 2.58 bits per heavy atom. The van der Waals surface area contributed by atoms with Crippen LogP contribution >= 0.6 is 0 Å². The monoisotopic (exact) mass is 360 g/mol. The standard InChI is InChI=1S/C23H36O3/c1-20(2,3)25-18-7-6-16-15-8-11-23-12-13-24-19(26-23)14-22(23,5)17(15)9-10-21(16,18)4/h12-13,15-19H,6-11,14H2,1-5H3/t15-,16-,17-,18-,19+,21-,22+,23+/m0/s1. The fourth-order valence-corrected chi connectivity index (χ4v) is 7.80. The van der Waals surface area contributed by atoms with Crippen molar-refractivity contribution in [2.24, 2.45) is 28.6 Å². The molecule has 0 aromatic carbocycles. The lowest BCUT2D eigenvalue weighted by Gasteiger charge is -2.59. The molecule has 1 spiro atoms. The van der Waals surface area contributed by atoms with Gasteiger partial charge in [0.1, 0.15) is 0 Å². The maximum absolute atomic E-state index is 6.57. The van der Waals surface area contributed by atoms with Crippen LogP contribution in [0.4, 0.5) is 0 Å². The van der Waals surface area contributed by atoms with Crippen LogP contribution in [0.15, 0.2) is 12.3 Å². The predicted octanol–water partition coefficient (Wildman–Crippen LogP) is 5.44. The molecule has 8 atom stereocenters. The highest BCUT2D eigenvalue weighted by molar-refractivity contribution is 5.22. The van der Waals surface area contributed by atoms with Gasteiger partial charge in [0.05, 0.1) is 23.6 Å². The minimum Gasteiger partial charge on any atom is -0.473 e. The Balaban J connectivity index is 1.44. The first-order valence-electron chi connectivity index (χ1n) is 10.9. The predicted molar refractivity (Wildman–Crippen MR) is 101 cm³/mol. The lowest BCUT2D eigenvalue weighted by molar-refractivity contribution is -0.192. The van der Waals surface area contributed by atoms with Crippen LogP contribution in [-0.2, 0) is 14.2 Å². The molecular weight excluding hydrogens is 324 g/mol. The van der Waals surface area contributed by atoms with Crippen molar-refractivity contribution in [1.82, 2.24) is 0 Å². The molecule has 3 saturated carbocycles. The lowest BCUT2D eigenvalue weighted by atomic mass is 9.46. The van der Waals surface area contributed by atoms with Crippen LogP contribution < -0.4 is 0 Å². The van der Waals surface area contributed by atoms with Crippen molar-refractivity contribution in [3.05, 3.63) is 12.3 Å². The van der Waals surface area contributed by atoms with Crippen molar-refractivity contribution in [2.45, 2.75) is 103 Å². The van der Waals surface area contributed by atoms with E-state index in [4.69, 9.17) is 14.2 Å².